The fourth-order valence-corrected chi connectivity index (χ4v) is 7.17. The van der Waals surface area contributed by atoms with Gasteiger partial charge in [-0.05, 0) is 67.6 Å². The van der Waals surface area contributed by atoms with Gasteiger partial charge in [0.1, 0.15) is 9.96 Å². The van der Waals surface area contributed by atoms with Crippen LogP contribution in [0.2, 0.25) is 0 Å². The quantitative estimate of drug-likeness (QED) is 0.311. The molecule has 8 heteroatoms. The summed E-state index contributed by atoms with van der Waals surface area (Å²) in [6.07, 6.45) is 2.59. The summed E-state index contributed by atoms with van der Waals surface area (Å²) >= 11 is 1.24. The van der Waals surface area contributed by atoms with Crippen molar-refractivity contribution in [1.29, 1.82) is 0 Å². The first-order valence-electron chi connectivity index (χ1n) is 11.2. The molecular formula is C26H27NO5S2. The third-order valence-corrected chi connectivity index (χ3v) is 8.97. The van der Waals surface area contributed by atoms with Gasteiger partial charge in [0.15, 0.2) is 0 Å². The smallest absolute Gasteiger partial charge is 0.303 e. The molecule has 34 heavy (non-hydrogen) atoms. The highest BCUT2D eigenvalue weighted by Crippen LogP contribution is 2.38. The lowest BCUT2D eigenvalue weighted by Crippen LogP contribution is -2.11. The molecule has 0 bridgehead atoms. The van der Waals surface area contributed by atoms with Crippen molar-refractivity contribution in [3.63, 3.8) is 0 Å². The Balaban J connectivity index is 1.88. The number of ether oxygens (including phenoxy) is 1. The van der Waals surface area contributed by atoms with E-state index in [0.717, 1.165) is 16.9 Å². The van der Waals surface area contributed by atoms with Crippen LogP contribution in [0, 0.1) is 6.92 Å². The van der Waals surface area contributed by atoms with Crippen molar-refractivity contribution in [2.75, 3.05) is 6.61 Å². The summed E-state index contributed by atoms with van der Waals surface area (Å²) in [5.74, 6) is -0.318. The molecule has 0 saturated carbocycles. The molecule has 0 atom stereocenters. The van der Waals surface area contributed by atoms with E-state index in [4.69, 9.17) is 4.74 Å². The predicted molar refractivity (Wildman–Crippen MR) is 136 cm³/mol. The molecule has 2 heterocycles. The molecule has 6 nitrogen and oxygen atoms in total. The van der Waals surface area contributed by atoms with Crippen LogP contribution in [0.15, 0.2) is 58.9 Å². The van der Waals surface area contributed by atoms with Crippen LogP contribution >= 0.6 is 11.3 Å². The molecule has 0 fully saturated rings. The molecule has 0 unspecified atom stereocenters. The number of carboxylic acid groups (broad SMARTS) is 1. The van der Waals surface area contributed by atoms with Gasteiger partial charge in [0.05, 0.1) is 12.1 Å². The van der Waals surface area contributed by atoms with E-state index >= 15 is 0 Å². The standard InChI is InChI=1S/C26H27NO5S2/c1-4-18-6-8-19(9-7-18)23-14-17(3)33-26(23)34(30,31)27-16-20(10-13-25(28)29)22-15-21(32-5-2)11-12-24(22)27/h6-9,11-12,14-16H,4-5,10,13H2,1-3H3,(H,28,29). The van der Waals surface area contributed by atoms with Crippen molar-refractivity contribution >= 4 is 38.2 Å². The SMILES string of the molecule is CCOc1ccc2c(c1)c(CCC(=O)O)cn2S(=O)(=O)c1sc(C)cc1-c1ccc(CC)cc1. The second-order valence-corrected chi connectivity index (χ2v) is 11.3. The maximum absolute atomic E-state index is 14.0. The highest BCUT2D eigenvalue weighted by molar-refractivity contribution is 7.92. The van der Waals surface area contributed by atoms with Crippen molar-refractivity contribution in [2.24, 2.45) is 0 Å². The van der Waals surface area contributed by atoms with Crippen LogP contribution in [0.1, 0.15) is 36.3 Å². The van der Waals surface area contributed by atoms with E-state index in [-0.39, 0.29) is 17.1 Å². The Morgan fingerprint density at radius 3 is 2.47 bits per heavy atom. The number of hydrogen-bond acceptors (Lipinski definition) is 5. The molecule has 0 aliphatic heterocycles. The third kappa shape index (κ3) is 4.60. The number of thiophene rings is 1. The molecule has 0 amide bonds. The molecule has 0 aliphatic carbocycles. The first kappa shape index (κ1) is 24.0. The number of aliphatic carboxylic acids is 1. The number of benzene rings is 2. The molecule has 1 N–H and O–H groups in total. The highest BCUT2D eigenvalue weighted by Gasteiger charge is 2.27. The summed E-state index contributed by atoms with van der Waals surface area (Å²) in [4.78, 5) is 12.1. The summed E-state index contributed by atoms with van der Waals surface area (Å²) in [7, 11) is -3.94. The number of rotatable bonds is 9. The number of aromatic nitrogens is 1. The lowest BCUT2D eigenvalue weighted by molar-refractivity contribution is -0.136. The Labute approximate surface area is 203 Å². The van der Waals surface area contributed by atoms with Crippen LogP contribution in [0.3, 0.4) is 0 Å². The van der Waals surface area contributed by atoms with E-state index in [0.29, 0.717) is 34.4 Å². The molecule has 0 radical (unpaired) electrons. The van der Waals surface area contributed by atoms with Crippen molar-refractivity contribution in [3.8, 4) is 16.9 Å². The van der Waals surface area contributed by atoms with Crippen molar-refractivity contribution in [2.45, 2.75) is 44.2 Å². The van der Waals surface area contributed by atoms with Gasteiger partial charge in [-0.2, -0.15) is 8.42 Å². The molecule has 4 rings (SSSR count). The number of aryl methyl sites for hydroxylation is 3. The zero-order chi connectivity index (χ0) is 24.5. The second kappa shape index (κ2) is 9.64. The third-order valence-electron chi connectivity index (χ3n) is 5.73. The maximum Gasteiger partial charge on any atom is 0.303 e. The largest absolute Gasteiger partial charge is 0.494 e. The lowest BCUT2D eigenvalue weighted by atomic mass is 10.1. The van der Waals surface area contributed by atoms with Crippen molar-refractivity contribution < 1.29 is 23.1 Å². The van der Waals surface area contributed by atoms with Crippen molar-refractivity contribution in [3.05, 3.63) is 70.7 Å². The van der Waals surface area contributed by atoms with Crippen LogP contribution < -0.4 is 4.74 Å². The Hall–Kier alpha value is -3.10. The van der Waals surface area contributed by atoms with Gasteiger partial charge in [0.2, 0.25) is 0 Å². The molecule has 0 aliphatic rings. The zero-order valence-corrected chi connectivity index (χ0v) is 21.0. The number of fused-ring (bicyclic) bond motifs is 1. The second-order valence-electron chi connectivity index (χ2n) is 8.07. The summed E-state index contributed by atoms with van der Waals surface area (Å²) in [5.41, 5.74) is 3.86. The molecular weight excluding hydrogens is 470 g/mol. The normalized spacial score (nSPS) is 11.7. The van der Waals surface area contributed by atoms with E-state index in [1.54, 1.807) is 24.4 Å². The van der Waals surface area contributed by atoms with Gasteiger partial charge < -0.3 is 9.84 Å². The van der Waals surface area contributed by atoms with E-state index in [1.807, 2.05) is 44.2 Å². The Kier molecular flexibility index (Phi) is 6.81. The fraction of sp³-hybridized carbons (Fsp3) is 0.269. The van der Waals surface area contributed by atoms with Crippen LogP contribution in [0.25, 0.3) is 22.0 Å². The first-order valence-corrected chi connectivity index (χ1v) is 13.4. The average Bonchev–Trinajstić information content (AvgIpc) is 3.39. The van der Waals surface area contributed by atoms with Gasteiger partial charge in [-0.3, -0.25) is 4.79 Å². The van der Waals surface area contributed by atoms with Crippen LogP contribution in [-0.4, -0.2) is 30.1 Å². The van der Waals surface area contributed by atoms with E-state index in [1.165, 1.54) is 20.9 Å². The van der Waals surface area contributed by atoms with Gasteiger partial charge in [-0.25, -0.2) is 3.97 Å². The molecule has 2 aromatic heterocycles. The Bertz CT molecular complexity index is 1450. The minimum absolute atomic E-state index is 0.0921. The number of carboxylic acids is 1. The van der Waals surface area contributed by atoms with Gasteiger partial charge in [0, 0.05) is 28.4 Å². The monoisotopic (exact) mass is 497 g/mol. The molecule has 0 saturated heterocycles. The van der Waals surface area contributed by atoms with E-state index in [2.05, 4.69) is 6.92 Å². The maximum atomic E-state index is 14.0. The van der Waals surface area contributed by atoms with Gasteiger partial charge in [0.25, 0.3) is 10.0 Å². The number of carbonyl (C=O) groups is 1. The molecule has 0 spiro atoms. The summed E-state index contributed by atoms with van der Waals surface area (Å²) in [5, 5.41) is 9.86. The minimum Gasteiger partial charge on any atom is -0.494 e. The topological polar surface area (TPSA) is 85.6 Å². The van der Waals surface area contributed by atoms with Gasteiger partial charge in [-0.15, -0.1) is 11.3 Å². The molecule has 178 valence electrons. The van der Waals surface area contributed by atoms with Gasteiger partial charge >= 0.3 is 5.97 Å². The molecule has 4 aromatic rings. The van der Waals surface area contributed by atoms with E-state index in [9.17, 15) is 18.3 Å². The minimum atomic E-state index is -3.94. The lowest BCUT2D eigenvalue weighted by Gasteiger charge is -2.10. The number of hydrogen-bond donors (Lipinski definition) is 1. The first-order chi connectivity index (χ1) is 16.2. The highest BCUT2D eigenvalue weighted by atomic mass is 32.2. The zero-order valence-electron chi connectivity index (χ0n) is 19.4. The summed E-state index contributed by atoms with van der Waals surface area (Å²) in [6, 6.07) is 15.1. The van der Waals surface area contributed by atoms with Crippen LogP contribution in [0.5, 0.6) is 5.75 Å². The van der Waals surface area contributed by atoms with E-state index < -0.39 is 16.0 Å². The van der Waals surface area contributed by atoms with Gasteiger partial charge in [-0.1, -0.05) is 31.2 Å². The Morgan fingerprint density at radius 2 is 1.82 bits per heavy atom. The van der Waals surface area contributed by atoms with Crippen LogP contribution in [-0.2, 0) is 27.7 Å². The fourth-order valence-electron chi connectivity index (χ4n) is 4.04. The van der Waals surface area contributed by atoms with Crippen LogP contribution in [0.4, 0.5) is 0 Å². The number of nitrogens with zero attached hydrogens (tertiary/aromatic N) is 1. The van der Waals surface area contributed by atoms with Crippen molar-refractivity contribution in [1.82, 2.24) is 3.97 Å². The summed E-state index contributed by atoms with van der Waals surface area (Å²) < 4.78 is 35.1. The average molecular weight is 498 g/mol. The summed E-state index contributed by atoms with van der Waals surface area (Å²) in [6.45, 7) is 6.33. The Morgan fingerprint density at radius 1 is 1.09 bits per heavy atom. The molecule has 2 aromatic carbocycles. The predicted octanol–water partition coefficient (Wildman–Crippen LogP) is 5.89.